The molecular weight excluding hydrogens is 202 g/mol. The average molecular weight is 212 g/mol. The number of rotatable bonds is 2. The molecule has 1 fully saturated rings. The van der Waals surface area contributed by atoms with E-state index in [0.717, 1.165) is 5.56 Å². The third-order valence-corrected chi connectivity index (χ3v) is 3.03. The summed E-state index contributed by atoms with van der Waals surface area (Å²) in [4.78, 5) is 10.8. The molecule has 1 aliphatic rings. The lowest BCUT2D eigenvalue weighted by molar-refractivity contribution is -0.139. The molecule has 1 aromatic carbocycles. The van der Waals surface area contributed by atoms with E-state index in [4.69, 9.17) is 22.4 Å². The van der Waals surface area contributed by atoms with Crippen LogP contribution in [0.15, 0.2) is 24.3 Å². The largest absolute Gasteiger partial charge is 0.480 e. The van der Waals surface area contributed by atoms with E-state index in [9.17, 15) is 4.79 Å². The first-order valence-corrected chi connectivity index (χ1v) is 4.70. The van der Waals surface area contributed by atoms with Crippen molar-refractivity contribution in [2.75, 3.05) is 0 Å². The minimum Gasteiger partial charge on any atom is -0.480 e. The van der Waals surface area contributed by atoms with E-state index >= 15 is 0 Å². The molecular formula is C10H10ClNO2. The van der Waals surface area contributed by atoms with Crippen molar-refractivity contribution in [1.29, 1.82) is 0 Å². The molecule has 0 unspecified atom stereocenters. The summed E-state index contributed by atoms with van der Waals surface area (Å²) in [6.07, 6.45) is 0.464. The molecule has 1 aromatic rings. The summed E-state index contributed by atoms with van der Waals surface area (Å²) in [5.74, 6) is -1.10. The molecule has 0 amide bonds. The van der Waals surface area contributed by atoms with Crippen LogP contribution in [0.4, 0.5) is 0 Å². The third kappa shape index (κ3) is 1.29. The fourth-order valence-electron chi connectivity index (χ4n) is 1.66. The van der Waals surface area contributed by atoms with E-state index in [1.54, 1.807) is 6.07 Å². The fourth-order valence-corrected chi connectivity index (χ4v) is 1.93. The molecule has 0 spiro atoms. The van der Waals surface area contributed by atoms with Gasteiger partial charge in [0, 0.05) is 10.9 Å². The summed E-state index contributed by atoms with van der Waals surface area (Å²) >= 11 is 5.94. The van der Waals surface area contributed by atoms with Gasteiger partial charge < -0.3 is 10.8 Å². The fraction of sp³-hybridized carbons (Fsp3) is 0.300. The summed E-state index contributed by atoms with van der Waals surface area (Å²) in [7, 11) is 0. The van der Waals surface area contributed by atoms with E-state index in [1.807, 2.05) is 18.2 Å². The highest BCUT2D eigenvalue weighted by molar-refractivity contribution is 6.31. The number of carboxylic acid groups (broad SMARTS) is 1. The Morgan fingerprint density at radius 2 is 2.21 bits per heavy atom. The summed E-state index contributed by atoms with van der Waals surface area (Å²) in [6.45, 7) is 0. The van der Waals surface area contributed by atoms with Crippen LogP contribution in [0.5, 0.6) is 0 Å². The van der Waals surface area contributed by atoms with Gasteiger partial charge in [0.1, 0.15) is 5.54 Å². The maximum Gasteiger partial charge on any atom is 0.324 e. The highest BCUT2D eigenvalue weighted by atomic mass is 35.5. The number of carboxylic acids is 1. The van der Waals surface area contributed by atoms with E-state index in [0.29, 0.717) is 11.4 Å². The molecule has 0 bridgehead atoms. The number of hydrogen-bond acceptors (Lipinski definition) is 2. The molecule has 0 saturated heterocycles. The molecule has 1 aliphatic carbocycles. The molecule has 2 rings (SSSR count). The van der Waals surface area contributed by atoms with Crippen molar-refractivity contribution in [1.82, 2.24) is 0 Å². The van der Waals surface area contributed by atoms with Gasteiger partial charge >= 0.3 is 5.97 Å². The van der Waals surface area contributed by atoms with Crippen molar-refractivity contribution in [3.05, 3.63) is 34.9 Å². The number of benzene rings is 1. The van der Waals surface area contributed by atoms with Gasteiger partial charge in [-0.25, -0.2) is 0 Å². The van der Waals surface area contributed by atoms with Gasteiger partial charge in [-0.2, -0.15) is 0 Å². The number of aliphatic carboxylic acids is 1. The van der Waals surface area contributed by atoms with Crippen LogP contribution in [0.25, 0.3) is 0 Å². The summed E-state index contributed by atoms with van der Waals surface area (Å²) in [5, 5.41) is 9.46. The molecule has 2 atom stereocenters. The molecule has 3 nitrogen and oxygen atoms in total. The van der Waals surface area contributed by atoms with Gasteiger partial charge in [0.05, 0.1) is 0 Å². The van der Waals surface area contributed by atoms with E-state index in [2.05, 4.69) is 0 Å². The van der Waals surface area contributed by atoms with Crippen LogP contribution in [0.3, 0.4) is 0 Å². The van der Waals surface area contributed by atoms with Crippen LogP contribution in [0.1, 0.15) is 17.9 Å². The molecule has 1 saturated carbocycles. The van der Waals surface area contributed by atoms with E-state index in [-0.39, 0.29) is 5.92 Å². The predicted molar refractivity (Wildman–Crippen MR) is 53.4 cm³/mol. The Bertz CT molecular complexity index is 393. The standard InChI is InChI=1S/C10H10ClNO2/c11-8-4-2-1-3-6(8)7-5-10(7,12)9(13)14/h1-4,7H,5,12H2,(H,13,14)/t7-,10+/m0/s1. The SMILES string of the molecule is N[C@]1(C(=O)O)C[C@H]1c1ccccc1Cl. The number of carbonyl (C=O) groups is 1. The first kappa shape index (κ1) is 9.49. The van der Waals surface area contributed by atoms with Crippen molar-refractivity contribution in [3.63, 3.8) is 0 Å². The molecule has 74 valence electrons. The molecule has 4 heteroatoms. The van der Waals surface area contributed by atoms with E-state index in [1.165, 1.54) is 0 Å². The Morgan fingerprint density at radius 1 is 1.57 bits per heavy atom. The predicted octanol–water partition coefficient (Wildman–Crippen LogP) is 1.61. The minimum absolute atomic E-state index is 0.145. The summed E-state index contributed by atoms with van der Waals surface area (Å²) < 4.78 is 0. The first-order valence-electron chi connectivity index (χ1n) is 4.32. The van der Waals surface area contributed by atoms with Crippen molar-refractivity contribution in [2.45, 2.75) is 17.9 Å². The Labute approximate surface area is 86.5 Å². The van der Waals surface area contributed by atoms with Crippen LogP contribution < -0.4 is 5.73 Å². The van der Waals surface area contributed by atoms with Crippen molar-refractivity contribution in [2.24, 2.45) is 5.73 Å². The molecule has 0 heterocycles. The van der Waals surface area contributed by atoms with Gasteiger partial charge in [-0.1, -0.05) is 29.8 Å². The normalized spacial score (nSPS) is 30.0. The van der Waals surface area contributed by atoms with Crippen molar-refractivity contribution >= 4 is 17.6 Å². The van der Waals surface area contributed by atoms with Crippen LogP contribution in [-0.2, 0) is 4.79 Å². The van der Waals surface area contributed by atoms with Gasteiger partial charge in [0.25, 0.3) is 0 Å². The maximum atomic E-state index is 10.8. The smallest absolute Gasteiger partial charge is 0.324 e. The third-order valence-electron chi connectivity index (χ3n) is 2.68. The average Bonchev–Trinajstić information content (AvgIpc) is 2.80. The molecule has 14 heavy (non-hydrogen) atoms. The van der Waals surface area contributed by atoms with Gasteiger partial charge in [-0.05, 0) is 18.1 Å². The lowest BCUT2D eigenvalue weighted by Crippen LogP contribution is -2.34. The highest BCUT2D eigenvalue weighted by Crippen LogP contribution is 2.51. The topological polar surface area (TPSA) is 63.3 Å². The Hall–Kier alpha value is -1.06. The lowest BCUT2D eigenvalue weighted by Gasteiger charge is -2.06. The lowest BCUT2D eigenvalue weighted by atomic mass is 10.1. The second kappa shape index (κ2) is 2.97. The number of halogens is 1. The zero-order chi connectivity index (χ0) is 10.3. The van der Waals surface area contributed by atoms with Gasteiger partial charge in [-0.3, -0.25) is 4.79 Å². The Balaban J connectivity index is 2.29. The quantitative estimate of drug-likeness (QED) is 0.781. The maximum absolute atomic E-state index is 10.8. The first-order chi connectivity index (χ1) is 6.55. The second-order valence-corrected chi connectivity index (χ2v) is 4.03. The van der Waals surface area contributed by atoms with Crippen LogP contribution in [-0.4, -0.2) is 16.6 Å². The van der Waals surface area contributed by atoms with Gasteiger partial charge in [0.15, 0.2) is 0 Å². The monoisotopic (exact) mass is 211 g/mol. The van der Waals surface area contributed by atoms with Gasteiger partial charge in [-0.15, -0.1) is 0 Å². The Morgan fingerprint density at radius 3 is 2.71 bits per heavy atom. The minimum atomic E-state index is -1.11. The van der Waals surface area contributed by atoms with E-state index < -0.39 is 11.5 Å². The van der Waals surface area contributed by atoms with Crippen molar-refractivity contribution < 1.29 is 9.90 Å². The molecule has 0 radical (unpaired) electrons. The summed E-state index contributed by atoms with van der Waals surface area (Å²) in [5.41, 5.74) is 5.40. The Kier molecular flexibility index (Phi) is 2.01. The van der Waals surface area contributed by atoms with Crippen molar-refractivity contribution in [3.8, 4) is 0 Å². The zero-order valence-electron chi connectivity index (χ0n) is 7.40. The molecule has 0 aromatic heterocycles. The second-order valence-electron chi connectivity index (χ2n) is 3.62. The molecule has 0 aliphatic heterocycles. The van der Waals surface area contributed by atoms with Crippen LogP contribution in [0, 0.1) is 0 Å². The van der Waals surface area contributed by atoms with Crippen LogP contribution >= 0.6 is 11.6 Å². The van der Waals surface area contributed by atoms with Crippen LogP contribution in [0.2, 0.25) is 5.02 Å². The highest BCUT2D eigenvalue weighted by Gasteiger charge is 2.58. The summed E-state index contributed by atoms with van der Waals surface area (Å²) in [6, 6.07) is 7.22. The zero-order valence-corrected chi connectivity index (χ0v) is 8.16. The van der Waals surface area contributed by atoms with Gasteiger partial charge in [0.2, 0.25) is 0 Å². The number of hydrogen-bond donors (Lipinski definition) is 2. The number of nitrogens with two attached hydrogens (primary N) is 1. The molecule has 3 N–H and O–H groups in total.